The van der Waals surface area contributed by atoms with E-state index in [0.29, 0.717) is 16.6 Å². The number of nitrogens with one attached hydrogen (secondary N) is 1. The van der Waals surface area contributed by atoms with Gasteiger partial charge in [0, 0.05) is 29.5 Å². The Morgan fingerprint density at radius 3 is 3.00 bits per heavy atom. The normalized spacial score (nSPS) is 20.9. The summed E-state index contributed by atoms with van der Waals surface area (Å²) in [6.45, 7) is 2.96. The molecule has 1 fully saturated rings. The molecule has 2 rings (SSSR count). The summed E-state index contributed by atoms with van der Waals surface area (Å²) in [4.78, 5) is 0. The molecule has 1 aliphatic rings. The summed E-state index contributed by atoms with van der Waals surface area (Å²) >= 11 is 2.01. The minimum atomic E-state index is -0.201. The van der Waals surface area contributed by atoms with Gasteiger partial charge in [0.25, 0.3) is 0 Å². The lowest BCUT2D eigenvalue weighted by Crippen LogP contribution is -2.26. The van der Waals surface area contributed by atoms with Crippen molar-refractivity contribution in [3.63, 3.8) is 0 Å². The first-order valence-electron chi connectivity index (χ1n) is 6.39. The lowest BCUT2D eigenvalue weighted by molar-refractivity contribution is 0.409. The molecule has 1 aliphatic heterocycles. The van der Waals surface area contributed by atoms with Crippen LogP contribution in [-0.2, 0) is 0 Å². The van der Waals surface area contributed by atoms with E-state index < -0.39 is 0 Å². The minimum Gasteiger partial charge on any atom is -0.497 e. The van der Waals surface area contributed by atoms with Gasteiger partial charge in [-0.15, -0.1) is 0 Å². The van der Waals surface area contributed by atoms with Gasteiger partial charge in [-0.2, -0.15) is 11.8 Å². The average Bonchev–Trinajstić information content (AvgIpc) is 2.88. The zero-order chi connectivity index (χ0) is 13.0. The fourth-order valence-corrected chi connectivity index (χ4v) is 3.42. The molecule has 1 saturated heterocycles. The second kappa shape index (κ2) is 6.43. The van der Waals surface area contributed by atoms with Crippen LogP contribution >= 0.6 is 11.8 Å². The van der Waals surface area contributed by atoms with E-state index in [4.69, 9.17) is 4.74 Å². The summed E-state index contributed by atoms with van der Waals surface area (Å²) in [6.07, 6.45) is 2.58. The molecule has 2 nitrogen and oxygen atoms in total. The Morgan fingerprint density at radius 1 is 1.56 bits per heavy atom. The van der Waals surface area contributed by atoms with Gasteiger partial charge in [0.15, 0.2) is 0 Å². The molecule has 2 atom stereocenters. The first-order chi connectivity index (χ1) is 8.70. The van der Waals surface area contributed by atoms with Gasteiger partial charge in [-0.1, -0.05) is 6.07 Å². The van der Waals surface area contributed by atoms with E-state index in [1.807, 2.05) is 18.7 Å². The molecule has 4 heteroatoms. The standard InChI is InChI=1S/C14H20FNOS/c1-10(16-9-12-4-3-7-18-12)13-6-5-11(17-2)8-14(13)15/h5-6,8,10,12,16H,3-4,7,9H2,1-2H3. The maximum atomic E-state index is 13.9. The molecule has 18 heavy (non-hydrogen) atoms. The van der Waals surface area contributed by atoms with Crippen molar-refractivity contribution in [2.45, 2.75) is 31.1 Å². The molecule has 0 radical (unpaired) electrons. The first-order valence-corrected chi connectivity index (χ1v) is 7.44. The van der Waals surface area contributed by atoms with Gasteiger partial charge in [-0.25, -0.2) is 4.39 Å². The summed E-state index contributed by atoms with van der Waals surface area (Å²) in [5.41, 5.74) is 0.707. The largest absolute Gasteiger partial charge is 0.497 e. The zero-order valence-corrected chi connectivity index (χ0v) is 11.7. The van der Waals surface area contributed by atoms with E-state index >= 15 is 0 Å². The highest BCUT2D eigenvalue weighted by atomic mass is 32.2. The molecule has 0 bridgehead atoms. The number of ether oxygens (including phenoxy) is 1. The van der Waals surface area contributed by atoms with Gasteiger partial charge >= 0.3 is 0 Å². The SMILES string of the molecule is COc1ccc(C(C)NCC2CCCS2)c(F)c1. The maximum Gasteiger partial charge on any atom is 0.131 e. The highest BCUT2D eigenvalue weighted by Gasteiger charge is 2.17. The van der Waals surface area contributed by atoms with Gasteiger partial charge in [0.2, 0.25) is 0 Å². The molecule has 1 aromatic carbocycles. The number of hydrogen-bond donors (Lipinski definition) is 1. The van der Waals surface area contributed by atoms with Crippen molar-refractivity contribution in [1.82, 2.24) is 5.32 Å². The number of halogens is 1. The number of rotatable bonds is 5. The predicted molar refractivity (Wildman–Crippen MR) is 74.8 cm³/mol. The van der Waals surface area contributed by atoms with Crippen molar-refractivity contribution < 1.29 is 9.13 Å². The monoisotopic (exact) mass is 269 g/mol. The van der Waals surface area contributed by atoms with E-state index in [1.54, 1.807) is 19.2 Å². The number of methoxy groups -OCH3 is 1. The van der Waals surface area contributed by atoms with Gasteiger partial charge in [0.05, 0.1) is 7.11 Å². The average molecular weight is 269 g/mol. The third-order valence-electron chi connectivity index (χ3n) is 3.35. The quantitative estimate of drug-likeness (QED) is 0.885. The molecule has 0 aliphatic carbocycles. The van der Waals surface area contributed by atoms with Gasteiger partial charge in [-0.3, -0.25) is 0 Å². The number of thioether (sulfide) groups is 1. The van der Waals surface area contributed by atoms with Crippen molar-refractivity contribution in [3.05, 3.63) is 29.6 Å². The van der Waals surface area contributed by atoms with Crippen molar-refractivity contribution in [1.29, 1.82) is 0 Å². The molecule has 1 heterocycles. The number of benzene rings is 1. The smallest absolute Gasteiger partial charge is 0.131 e. The summed E-state index contributed by atoms with van der Waals surface area (Å²) < 4.78 is 18.9. The van der Waals surface area contributed by atoms with Crippen molar-refractivity contribution >= 4 is 11.8 Å². The van der Waals surface area contributed by atoms with Crippen LogP contribution in [0, 0.1) is 5.82 Å². The molecule has 1 aromatic rings. The van der Waals surface area contributed by atoms with Crippen LogP contribution in [0.1, 0.15) is 31.4 Å². The van der Waals surface area contributed by atoms with Crippen LogP contribution < -0.4 is 10.1 Å². The third kappa shape index (κ3) is 3.39. The van der Waals surface area contributed by atoms with E-state index in [9.17, 15) is 4.39 Å². The Morgan fingerprint density at radius 2 is 2.39 bits per heavy atom. The summed E-state index contributed by atoms with van der Waals surface area (Å²) in [7, 11) is 1.55. The summed E-state index contributed by atoms with van der Waals surface area (Å²) in [6, 6.07) is 5.09. The van der Waals surface area contributed by atoms with Crippen LogP contribution in [0.2, 0.25) is 0 Å². The molecule has 0 spiro atoms. The first kappa shape index (κ1) is 13.7. The lowest BCUT2D eigenvalue weighted by atomic mass is 10.1. The third-order valence-corrected chi connectivity index (χ3v) is 4.75. The van der Waals surface area contributed by atoms with Crippen LogP contribution in [0.25, 0.3) is 0 Å². The molecule has 100 valence electrons. The van der Waals surface area contributed by atoms with E-state index in [-0.39, 0.29) is 11.9 Å². The molecule has 1 N–H and O–H groups in total. The molecule has 0 saturated carbocycles. The van der Waals surface area contributed by atoms with Crippen LogP contribution in [0.15, 0.2) is 18.2 Å². The van der Waals surface area contributed by atoms with E-state index in [2.05, 4.69) is 5.32 Å². The Kier molecular flexibility index (Phi) is 4.89. The zero-order valence-electron chi connectivity index (χ0n) is 10.9. The Balaban J connectivity index is 1.93. The Hall–Kier alpha value is -0.740. The van der Waals surface area contributed by atoms with Crippen molar-refractivity contribution in [2.24, 2.45) is 0 Å². The summed E-state index contributed by atoms with van der Waals surface area (Å²) in [5.74, 6) is 1.63. The van der Waals surface area contributed by atoms with Gasteiger partial charge < -0.3 is 10.1 Å². The number of hydrogen-bond acceptors (Lipinski definition) is 3. The van der Waals surface area contributed by atoms with Crippen LogP contribution in [-0.4, -0.2) is 24.7 Å². The molecular formula is C14H20FNOS. The molecular weight excluding hydrogens is 249 g/mol. The topological polar surface area (TPSA) is 21.3 Å². The highest BCUT2D eigenvalue weighted by Crippen LogP contribution is 2.27. The van der Waals surface area contributed by atoms with E-state index in [1.165, 1.54) is 24.7 Å². The van der Waals surface area contributed by atoms with Gasteiger partial charge in [-0.05, 0) is 31.6 Å². The maximum absolute atomic E-state index is 13.9. The lowest BCUT2D eigenvalue weighted by Gasteiger charge is -2.18. The fraction of sp³-hybridized carbons (Fsp3) is 0.571. The highest BCUT2D eigenvalue weighted by molar-refractivity contribution is 8.00. The second-order valence-electron chi connectivity index (χ2n) is 4.65. The van der Waals surface area contributed by atoms with Crippen LogP contribution in [0.4, 0.5) is 4.39 Å². The van der Waals surface area contributed by atoms with Crippen LogP contribution in [0.5, 0.6) is 5.75 Å². The molecule has 0 amide bonds. The van der Waals surface area contributed by atoms with Crippen molar-refractivity contribution in [2.75, 3.05) is 19.4 Å². The van der Waals surface area contributed by atoms with Crippen molar-refractivity contribution in [3.8, 4) is 5.75 Å². The molecule has 2 unspecified atom stereocenters. The summed E-state index contributed by atoms with van der Waals surface area (Å²) in [5, 5.41) is 4.11. The van der Waals surface area contributed by atoms with Crippen LogP contribution in [0.3, 0.4) is 0 Å². The van der Waals surface area contributed by atoms with Gasteiger partial charge in [0.1, 0.15) is 11.6 Å². The second-order valence-corrected chi connectivity index (χ2v) is 6.06. The Bertz CT molecular complexity index is 393. The predicted octanol–water partition coefficient (Wildman–Crippen LogP) is 3.38. The van der Waals surface area contributed by atoms with E-state index in [0.717, 1.165) is 6.54 Å². The molecule has 0 aromatic heterocycles. The fourth-order valence-electron chi connectivity index (χ4n) is 2.21. The minimum absolute atomic E-state index is 0.0390. The Labute approximate surface area is 112 Å².